The highest BCUT2D eigenvalue weighted by Crippen LogP contribution is 2.20. The van der Waals surface area contributed by atoms with Gasteiger partial charge in [0, 0.05) is 50.9 Å². The van der Waals surface area contributed by atoms with Crippen LogP contribution < -0.4 is 10.2 Å². The maximum absolute atomic E-state index is 13.9. The molecule has 2 saturated heterocycles. The molecule has 1 aromatic rings. The van der Waals surface area contributed by atoms with E-state index in [4.69, 9.17) is 4.74 Å². The van der Waals surface area contributed by atoms with Crippen LogP contribution in [0.1, 0.15) is 23.7 Å². The summed E-state index contributed by atoms with van der Waals surface area (Å²) in [5.41, 5.74) is 1.03. The Labute approximate surface area is 146 Å². The van der Waals surface area contributed by atoms with E-state index >= 15 is 0 Å². The van der Waals surface area contributed by atoms with Gasteiger partial charge in [-0.3, -0.25) is 9.59 Å². The Morgan fingerprint density at radius 3 is 2.68 bits per heavy atom. The molecule has 2 fully saturated rings. The zero-order chi connectivity index (χ0) is 17.8. The third-order valence-electron chi connectivity index (χ3n) is 4.80. The van der Waals surface area contributed by atoms with Crippen molar-refractivity contribution in [3.05, 3.63) is 29.6 Å². The molecule has 6 nitrogen and oxygen atoms in total. The second-order valence-electron chi connectivity index (χ2n) is 6.63. The Balaban J connectivity index is 1.60. The molecule has 1 N–H and O–H groups in total. The lowest BCUT2D eigenvalue weighted by Crippen LogP contribution is -2.36. The topological polar surface area (TPSA) is 61.9 Å². The van der Waals surface area contributed by atoms with Crippen molar-refractivity contribution in [3.63, 3.8) is 0 Å². The molecule has 2 aliphatic rings. The van der Waals surface area contributed by atoms with Crippen molar-refractivity contribution >= 4 is 17.5 Å². The molecule has 136 valence electrons. The van der Waals surface area contributed by atoms with E-state index in [0.29, 0.717) is 50.6 Å². The molecule has 0 bridgehead atoms. The molecule has 2 heterocycles. The molecule has 0 radical (unpaired) electrons. The van der Waals surface area contributed by atoms with Crippen molar-refractivity contribution in [1.82, 2.24) is 10.2 Å². The van der Waals surface area contributed by atoms with Crippen molar-refractivity contribution < 1.29 is 18.7 Å². The second kappa shape index (κ2) is 7.82. The van der Waals surface area contributed by atoms with Crippen LogP contribution in [0.5, 0.6) is 0 Å². The van der Waals surface area contributed by atoms with Gasteiger partial charge in [-0.25, -0.2) is 4.39 Å². The maximum atomic E-state index is 13.9. The first-order chi connectivity index (χ1) is 12.0. The molecule has 0 aliphatic carbocycles. The third-order valence-corrected chi connectivity index (χ3v) is 4.80. The fraction of sp³-hybridized carbons (Fsp3) is 0.556. The SMILES string of the molecule is CC(=O)N1CCC(CNC(=O)c2cc(F)cc(N3CCOCC3)c2)C1. The van der Waals surface area contributed by atoms with Gasteiger partial charge in [0.05, 0.1) is 13.2 Å². The number of ether oxygens (including phenoxy) is 1. The number of nitrogens with zero attached hydrogens (tertiary/aromatic N) is 2. The highest BCUT2D eigenvalue weighted by Gasteiger charge is 2.24. The van der Waals surface area contributed by atoms with Gasteiger partial charge in [-0.15, -0.1) is 0 Å². The van der Waals surface area contributed by atoms with Crippen LogP contribution in [0.15, 0.2) is 18.2 Å². The van der Waals surface area contributed by atoms with Crippen LogP contribution >= 0.6 is 0 Å². The number of anilines is 1. The Morgan fingerprint density at radius 1 is 1.24 bits per heavy atom. The zero-order valence-corrected chi connectivity index (χ0v) is 14.5. The lowest BCUT2D eigenvalue weighted by molar-refractivity contribution is -0.127. The van der Waals surface area contributed by atoms with Crippen LogP contribution in [0.3, 0.4) is 0 Å². The van der Waals surface area contributed by atoms with Crippen molar-refractivity contribution in [3.8, 4) is 0 Å². The monoisotopic (exact) mass is 349 g/mol. The average Bonchev–Trinajstić information content (AvgIpc) is 3.09. The molecule has 2 aliphatic heterocycles. The summed E-state index contributed by atoms with van der Waals surface area (Å²) in [5, 5.41) is 2.87. The summed E-state index contributed by atoms with van der Waals surface area (Å²) in [6.45, 7) is 6.03. The molecule has 0 saturated carbocycles. The number of likely N-dealkylation sites (tertiary alicyclic amines) is 1. The Bertz CT molecular complexity index is 646. The molecular weight excluding hydrogens is 325 g/mol. The number of carbonyl (C=O) groups excluding carboxylic acids is 2. The summed E-state index contributed by atoms with van der Waals surface area (Å²) < 4.78 is 19.2. The first-order valence-electron chi connectivity index (χ1n) is 8.70. The summed E-state index contributed by atoms with van der Waals surface area (Å²) in [7, 11) is 0. The van der Waals surface area contributed by atoms with Gasteiger partial charge in [0.2, 0.25) is 5.91 Å². The highest BCUT2D eigenvalue weighted by molar-refractivity contribution is 5.95. The average molecular weight is 349 g/mol. The summed E-state index contributed by atoms with van der Waals surface area (Å²) in [5.74, 6) is -0.387. The smallest absolute Gasteiger partial charge is 0.251 e. The van der Waals surface area contributed by atoms with Crippen molar-refractivity contribution in [2.75, 3.05) is 50.8 Å². The number of nitrogens with one attached hydrogen (secondary N) is 1. The number of benzene rings is 1. The number of morpholine rings is 1. The maximum Gasteiger partial charge on any atom is 0.251 e. The molecule has 0 aromatic heterocycles. The Morgan fingerprint density at radius 2 is 2.00 bits per heavy atom. The van der Waals surface area contributed by atoms with Gasteiger partial charge in [0.25, 0.3) is 5.91 Å². The Kier molecular flexibility index (Phi) is 5.53. The third kappa shape index (κ3) is 4.48. The number of carbonyl (C=O) groups is 2. The molecule has 1 aromatic carbocycles. The molecule has 1 atom stereocenters. The van der Waals surface area contributed by atoms with Crippen LogP contribution in [-0.2, 0) is 9.53 Å². The van der Waals surface area contributed by atoms with Crippen molar-refractivity contribution in [2.24, 2.45) is 5.92 Å². The number of rotatable bonds is 4. The normalized spacial score (nSPS) is 20.6. The van der Waals surface area contributed by atoms with E-state index in [-0.39, 0.29) is 17.7 Å². The summed E-state index contributed by atoms with van der Waals surface area (Å²) in [6, 6.07) is 4.43. The fourth-order valence-electron chi connectivity index (χ4n) is 3.33. The lowest BCUT2D eigenvalue weighted by Gasteiger charge is -2.29. The van der Waals surface area contributed by atoms with Gasteiger partial charge in [-0.1, -0.05) is 0 Å². The quantitative estimate of drug-likeness (QED) is 0.889. The summed E-state index contributed by atoms with van der Waals surface area (Å²) >= 11 is 0. The van der Waals surface area contributed by atoms with Crippen LogP contribution in [0, 0.1) is 11.7 Å². The van der Waals surface area contributed by atoms with E-state index in [1.165, 1.54) is 12.1 Å². The van der Waals surface area contributed by atoms with Gasteiger partial charge in [0.1, 0.15) is 5.82 Å². The minimum Gasteiger partial charge on any atom is -0.378 e. The van der Waals surface area contributed by atoms with Gasteiger partial charge < -0.3 is 19.9 Å². The first kappa shape index (κ1) is 17.7. The van der Waals surface area contributed by atoms with E-state index in [9.17, 15) is 14.0 Å². The van der Waals surface area contributed by atoms with Crippen LogP contribution in [0.4, 0.5) is 10.1 Å². The van der Waals surface area contributed by atoms with Crippen molar-refractivity contribution in [1.29, 1.82) is 0 Å². The van der Waals surface area contributed by atoms with E-state index in [0.717, 1.165) is 13.0 Å². The van der Waals surface area contributed by atoms with Crippen LogP contribution in [0.2, 0.25) is 0 Å². The highest BCUT2D eigenvalue weighted by atomic mass is 19.1. The lowest BCUT2D eigenvalue weighted by atomic mass is 10.1. The predicted molar refractivity (Wildman–Crippen MR) is 92.1 cm³/mol. The number of amides is 2. The van der Waals surface area contributed by atoms with Crippen LogP contribution in [0.25, 0.3) is 0 Å². The summed E-state index contributed by atoms with van der Waals surface area (Å²) in [4.78, 5) is 27.6. The molecule has 7 heteroatoms. The second-order valence-corrected chi connectivity index (χ2v) is 6.63. The minimum atomic E-state index is -0.419. The van der Waals surface area contributed by atoms with E-state index in [2.05, 4.69) is 5.32 Å². The van der Waals surface area contributed by atoms with Crippen LogP contribution in [-0.4, -0.2) is 62.7 Å². The largest absolute Gasteiger partial charge is 0.378 e. The van der Waals surface area contributed by atoms with Gasteiger partial charge in [0.15, 0.2) is 0 Å². The summed E-state index contributed by atoms with van der Waals surface area (Å²) in [6.07, 6.45) is 0.877. The van der Waals surface area contributed by atoms with Gasteiger partial charge >= 0.3 is 0 Å². The van der Waals surface area contributed by atoms with E-state index in [1.54, 1.807) is 17.9 Å². The number of halogens is 1. The molecule has 2 amide bonds. The van der Waals surface area contributed by atoms with Gasteiger partial charge in [-0.05, 0) is 30.5 Å². The van der Waals surface area contributed by atoms with E-state index < -0.39 is 5.82 Å². The fourth-order valence-corrected chi connectivity index (χ4v) is 3.33. The first-order valence-corrected chi connectivity index (χ1v) is 8.70. The van der Waals surface area contributed by atoms with E-state index in [1.807, 2.05) is 4.90 Å². The number of hydrogen-bond acceptors (Lipinski definition) is 4. The molecule has 3 rings (SSSR count). The number of hydrogen-bond donors (Lipinski definition) is 1. The minimum absolute atomic E-state index is 0.0640. The molecule has 0 spiro atoms. The van der Waals surface area contributed by atoms with Crippen molar-refractivity contribution in [2.45, 2.75) is 13.3 Å². The molecular formula is C18H24FN3O3. The Hall–Kier alpha value is -2.15. The molecule has 25 heavy (non-hydrogen) atoms. The predicted octanol–water partition coefficient (Wildman–Crippen LogP) is 1.26. The molecule has 1 unspecified atom stereocenters. The zero-order valence-electron chi connectivity index (χ0n) is 14.5. The van der Waals surface area contributed by atoms with Gasteiger partial charge in [-0.2, -0.15) is 0 Å². The standard InChI is InChI=1S/C18H24FN3O3/c1-13(23)22-3-2-14(12-22)11-20-18(24)15-8-16(19)10-17(9-15)21-4-6-25-7-5-21/h8-10,14H,2-7,11-12H2,1H3,(H,20,24).